The van der Waals surface area contributed by atoms with Crippen LogP contribution in [0.25, 0.3) is 98.9 Å². The van der Waals surface area contributed by atoms with Crippen molar-refractivity contribution in [2.24, 2.45) is 0 Å². The smallest absolute Gasteiger partial charge is 0.0708 e. The Hall–Kier alpha value is -6.83. The van der Waals surface area contributed by atoms with Crippen molar-refractivity contribution >= 4 is 43.1 Å². The molecule has 0 aliphatic heterocycles. The predicted octanol–water partition coefficient (Wildman–Crippen LogP) is 14.6. The molecule has 1 heterocycles. The number of hydrogen-bond acceptors (Lipinski definition) is 1. The lowest BCUT2D eigenvalue weighted by atomic mass is 9.83. The highest BCUT2D eigenvalue weighted by Crippen LogP contribution is 2.47. The summed E-state index contributed by atoms with van der Waals surface area (Å²) in [5, 5.41) is 10.00. The first kappa shape index (κ1) is 31.9. The van der Waals surface area contributed by atoms with E-state index in [-0.39, 0.29) is 0 Å². The molecular formula is C53H37N. The van der Waals surface area contributed by atoms with Gasteiger partial charge in [-0.1, -0.05) is 158 Å². The molecule has 0 N–H and O–H groups in total. The summed E-state index contributed by atoms with van der Waals surface area (Å²) in [6.45, 7) is 4.44. The summed E-state index contributed by atoms with van der Waals surface area (Å²) < 4.78 is 0. The summed E-state index contributed by atoms with van der Waals surface area (Å²) in [6.07, 6.45) is 1.93. The molecular weight excluding hydrogens is 651 g/mol. The Morgan fingerprint density at radius 3 is 1.50 bits per heavy atom. The number of benzene rings is 9. The Bertz CT molecular complexity index is 3000. The largest absolute Gasteiger partial charge is 0.256 e. The molecule has 0 aliphatic carbocycles. The second-order valence-electron chi connectivity index (χ2n) is 14.4. The van der Waals surface area contributed by atoms with Crippen LogP contribution in [0.15, 0.2) is 188 Å². The van der Waals surface area contributed by atoms with Crippen molar-refractivity contribution in [3.63, 3.8) is 0 Å². The number of hydrogen-bond donors (Lipinski definition) is 0. The van der Waals surface area contributed by atoms with Gasteiger partial charge < -0.3 is 0 Å². The lowest BCUT2D eigenvalue weighted by Crippen LogP contribution is -1.94. The number of fused-ring (bicyclic) bond motifs is 4. The fourth-order valence-corrected chi connectivity index (χ4v) is 8.67. The number of nitrogens with zero attached hydrogens (tertiary/aromatic N) is 1. The number of pyridine rings is 1. The SMILES string of the molecule is Cc1cccc(C)c1-c1ccc(-c2c3ccccc3c(-c3cccc(-c4ccnc(-c5ccc6ccccc6c5)c4)c3)c3ccccc23)c2ccccc12. The molecule has 0 unspecified atom stereocenters. The highest BCUT2D eigenvalue weighted by Gasteiger charge is 2.20. The van der Waals surface area contributed by atoms with Crippen LogP contribution in [0.3, 0.4) is 0 Å². The quantitative estimate of drug-likeness (QED) is 0.164. The maximum atomic E-state index is 4.80. The topological polar surface area (TPSA) is 12.9 Å². The Labute approximate surface area is 315 Å². The van der Waals surface area contributed by atoms with E-state index >= 15 is 0 Å². The molecule has 1 nitrogen and oxygen atoms in total. The van der Waals surface area contributed by atoms with Crippen LogP contribution in [0.1, 0.15) is 11.1 Å². The van der Waals surface area contributed by atoms with E-state index in [1.54, 1.807) is 0 Å². The molecule has 0 radical (unpaired) electrons. The Balaban J connectivity index is 1.16. The third-order valence-corrected chi connectivity index (χ3v) is 11.2. The Kier molecular flexibility index (Phi) is 7.66. The Morgan fingerprint density at radius 2 is 0.833 bits per heavy atom. The summed E-state index contributed by atoms with van der Waals surface area (Å²) in [6, 6.07) is 66.6. The standard InChI is InChI=1S/C53H37N/c1-34-13-11-14-35(2)51(34)48-27-28-49(43-20-6-5-19-42(43)48)53-46-23-9-7-21-44(46)52(45-22-8-10-24-47(45)53)41-18-12-17-38(32-41)39-29-30-54-50(33-39)40-26-25-36-15-3-4-16-37(36)31-40/h3-33H,1-2H3. The van der Waals surface area contributed by atoms with Gasteiger partial charge in [0.25, 0.3) is 0 Å². The third-order valence-electron chi connectivity index (χ3n) is 11.2. The van der Waals surface area contributed by atoms with E-state index in [9.17, 15) is 0 Å². The first-order valence-corrected chi connectivity index (χ1v) is 18.7. The van der Waals surface area contributed by atoms with Crippen molar-refractivity contribution < 1.29 is 0 Å². The van der Waals surface area contributed by atoms with Gasteiger partial charge in [0.05, 0.1) is 5.69 Å². The van der Waals surface area contributed by atoms with Gasteiger partial charge in [0.1, 0.15) is 0 Å². The van der Waals surface area contributed by atoms with Gasteiger partial charge in [-0.3, -0.25) is 4.98 Å². The van der Waals surface area contributed by atoms with E-state index in [2.05, 4.69) is 196 Å². The zero-order chi connectivity index (χ0) is 36.2. The van der Waals surface area contributed by atoms with Gasteiger partial charge in [-0.2, -0.15) is 0 Å². The molecule has 254 valence electrons. The predicted molar refractivity (Wildman–Crippen MR) is 231 cm³/mol. The molecule has 0 spiro atoms. The summed E-state index contributed by atoms with van der Waals surface area (Å²) >= 11 is 0. The molecule has 10 rings (SSSR count). The van der Waals surface area contributed by atoms with E-state index in [0.717, 1.165) is 16.8 Å². The fourth-order valence-electron chi connectivity index (χ4n) is 8.67. The highest BCUT2D eigenvalue weighted by molar-refractivity contribution is 6.24. The van der Waals surface area contributed by atoms with Gasteiger partial charge >= 0.3 is 0 Å². The van der Waals surface area contributed by atoms with Crippen molar-refractivity contribution in [3.05, 3.63) is 199 Å². The van der Waals surface area contributed by atoms with Crippen molar-refractivity contribution in [1.82, 2.24) is 4.98 Å². The lowest BCUT2D eigenvalue weighted by Gasteiger charge is -2.20. The molecule has 1 heteroatoms. The van der Waals surface area contributed by atoms with Crippen molar-refractivity contribution in [3.8, 4) is 55.8 Å². The summed E-state index contributed by atoms with van der Waals surface area (Å²) in [4.78, 5) is 4.80. The molecule has 0 amide bonds. The van der Waals surface area contributed by atoms with Gasteiger partial charge in [-0.25, -0.2) is 0 Å². The molecule has 0 bridgehead atoms. The lowest BCUT2D eigenvalue weighted by molar-refractivity contribution is 1.33. The van der Waals surface area contributed by atoms with E-state index in [4.69, 9.17) is 4.98 Å². The average Bonchev–Trinajstić information content (AvgIpc) is 3.23. The zero-order valence-electron chi connectivity index (χ0n) is 30.3. The first-order chi connectivity index (χ1) is 26.6. The van der Waals surface area contributed by atoms with Crippen molar-refractivity contribution in [1.29, 1.82) is 0 Å². The molecule has 0 atom stereocenters. The van der Waals surface area contributed by atoms with Gasteiger partial charge in [-0.05, 0) is 137 Å². The molecule has 10 aromatic rings. The third kappa shape index (κ3) is 5.28. The maximum absolute atomic E-state index is 4.80. The zero-order valence-corrected chi connectivity index (χ0v) is 30.3. The van der Waals surface area contributed by atoms with Crippen LogP contribution in [-0.4, -0.2) is 4.98 Å². The van der Waals surface area contributed by atoms with Gasteiger partial charge in [-0.15, -0.1) is 0 Å². The normalized spacial score (nSPS) is 11.5. The molecule has 0 fully saturated rings. The van der Waals surface area contributed by atoms with E-state index in [1.165, 1.54) is 93.2 Å². The van der Waals surface area contributed by atoms with E-state index < -0.39 is 0 Å². The molecule has 9 aromatic carbocycles. The van der Waals surface area contributed by atoms with Crippen LogP contribution >= 0.6 is 0 Å². The summed E-state index contributed by atoms with van der Waals surface area (Å²) in [5.41, 5.74) is 14.6. The molecule has 0 saturated carbocycles. The van der Waals surface area contributed by atoms with Crippen LogP contribution < -0.4 is 0 Å². The number of aryl methyl sites for hydroxylation is 2. The number of rotatable bonds is 5. The van der Waals surface area contributed by atoms with Crippen LogP contribution in [0.4, 0.5) is 0 Å². The van der Waals surface area contributed by atoms with E-state index in [1.807, 2.05) is 6.20 Å². The Morgan fingerprint density at radius 1 is 0.315 bits per heavy atom. The van der Waals surface area contributed by atoms with Crippen LogP contribution in [-0.2, 0) is 0 Å². The first-order valence-electron chi connectivity index (χ1n) is 18.7. The summed E-state index contributed by atoms with van der Waals surface area (Å²) in [5.74, 6) is 0. The minimum atomic E-state index is 0.972. The van der Waals surface area contributed by atoms with Crippen molar-refractivity contribution in [2.75, 3.05) is 0 Å². The molecule has 0 saturated heterocycles. The van der Waals surface area contributed by atoms with Gasteiger partial charge in [0.15, 0.2) is 0 Å². The molecule has 1 aromatic heterocycles. The molecule has 54 heavy (non-hydrogen) atoms. The second kappa shape index (κ2) is 13.0. The molecule has 0 aliphatic rings. The minimum Gasteiger partial charge on any atom is -0.256 e. The number of aromatic nitrogens is 1. The minimum absolute atomic E-state index is 0.972. The van der Waals surface area contributed by atoms with Crippen molar-refractivity contribution in [2.45, 2.75) is 13.8 Å². The average molecular weight is 688 g/mol. The fraction of sp³-hybridized carbons (Fsp3) is 0.0377. The second-order valence-corrected chi connectivity index (χ2v) is 14.4. The van der Waals surface area contributed by atoms with Crippen LogP contribution in [0.2, 0.25) is 0 Å². The highest BCUT2D eigenvalue weighted by atomic mass is 14.7. The van der Waals surface area contributed by atoms with E-state index in [0.29, 0.717) is 0 Å². The maximum Gasteiger partial charge on any atom is 0.0708 e. The van der Waals surface area contributed by atoms with Crippen LogP contribution in [0, 0.1) is 13.8 Å². The summed E-state index contributed by atoms with van der Waals surface area (Å²) in [7, 11) is 0. The van der Waals surface area contributed by atoms with Crippen LogP contribution in [0.5, 0.6) is 0 Å². The van der Waals surface area contributed by atoms with Gasteiger partial charge in [0, 0.05) is 11.8 Å². The van der Waals surface area contributed by atoms with Gasteiger partial charge in [0.2, 0.25) is 0 Å². The monoisotopic (exact) mass is 687 g/mol.